The van der Waals surface area contributed by atoms with Crippen molar-refractivity contribution in [2.75, 3.05) is 7.11 Å². The monoisotopic (exact) mass is 430 g/mol. The van der Waals surface area contributed by atoms with Crippen LogP contribution in [0.15, 0.2) is 89.9 Å². The number of aromatic nitrogens is 2. The molecule has 4 aromatic rings. The maximum atomic E-state index is 13.4. The Morgan fingerprint density at radius 3 is 2.44 bits per heavy atom. The molecule has 7 heteroatoms. The molecule has 0 saturated carbocycles. The van der Waals surface area contributed by atoms with Crippen LogP contribution in [0.25, 0.3) is 23.0 Å². The van der Waals surface area contributed by atoms with Gasteiger partial charge in [-0.05, 0) is 60.2 Å². The second-order valence-electron chi connectivity index (χ2n) is 6.95. The Labute approximate surface area is 183 Å². The zero-order valence-electron chi connectivity index (χ0n) is 17.1. The lowest BCUT2D eigenvalue weighted by Gasteiger charge is -2.05. The first-order valence-electron chi connectivity index (χ1n) is 9.73. The van der Waals surface area contributed by atoms with Gasteiger partial charge < -0.3 is 9.84 Å². The maximum Gasteiger partial charge on any atom is 0.340 e. The van der Waals surface area contributed by atoms with Crippen LogP contribution in [-0.4, -0.2) is 27.3 Å². The average molecular weight is 430 g/mol. The molecule has 0 radical (unpaired) electrons. The fraction of sp³-hybridized carbons (Fsp3) is 0.0400. The molecular formula is C25H19FN2O4. The van der Waals surface area contributed by atoms with E-state index >= 15 is 0 Å². The zero-order chi connectivity index (χ0) is 22.7. The number of carbonyl (C=O) groups excluding carboxylic acids is 1. The molecule has 0 atom stereocenters. The lowest BCUT2D eigenvalue weighted by atomic mass is 10.1. The second-order valence-corrected chi connectivity index (χ2v) is 6.95. The van der Waals surface area contributed by atoms with Gasteiger partial charge in [-0.1, -0.05) is 24.3 Å². The first kappa shape index (κ1) is 20.9. The van der Waals surface area contributed by atoms with E-state index in [1.165, 1.54) is 54.2 Å². The first-order valence-corrected chi connectivity index (χ1v) is 9.73. The molecule has 1 aromatic heterocycles. The molecule has 1 N–H and O–H groups in total. The molecule has 0 fully saturated rings. The van der Waals surface area contributed by atoms with Crippen molar-refractivity contribution in [3.63, 3.8) is 0 Å². The quantitative estimate of drug-likeness (QED) is 0.473. The molecule has 0 aliphatic rings. The highest BCUT2D eigenvalue weighted by Gasteiger charge is 2.18. The molecule has 6 nitrogen and oxygen atoms in total. The van der Waals surface area contributed by atoms with E-state index < -0.39 is 17.4 Å². The summed E-state index contributed by atoms with van der Waals surface area (Å²) in [5.41, 5.74) is 1.50. The third-order valence-corrected chi connectivity index (χ3v) is 4.91. The van der Waals surface area contributed by atoms with E-state index in [4.69, 9.17) is 4.74 Å². The van der Waals surface area contributed by atoms with Crippen LogP contribution in [-0.2, 0) is 0 Å². The lowest BCUT2D eigenvalue weighted by Crippen LogP contribution is -2.27. The fourth-order valence-corrected chi connectivity index (χ4v) is 3.30. The summed E-state index contributed by atoms with van der Waals surface area (Å²) in [5.74, 6) is -0.751. The first-order chi connectivity index (χ1) is 15.5. The molecule has 0 unspecified atom stereocenters. The summed E-state index contributed by atoms with van der Waals surface area (Å²) in [6, 6.07) is 19.1. The molecule has 0 bridgehead atoms. The number of ether oxygens (including phenoxy) is 1. The molecule has 4 rings (SSSR count). The highest BCUT2D eigenvalue weighted by Crippen LogP contribution is 2.27. The summed E-state index contributed by atoms with van der Waals surface area (Å²) >= 11 is 0. The minimum absolute atomic E-state index is 0.0225. The van der Waals surface area contributed by atoms with Crippen LogP contribution < -0.4 is 10.4 Å². The van der Waals surface area contributed by atoms with Gasteiger partial charge in [0, 0.05) is 17.8 Å². The standard InChI is InChI=1S/C25H19FN2O4/c1-32-23-15-17(7-13-22(23)29)8-14-24(30)28-21(18-9-11-19(26)12-10-18)16-27(25(28)31)20-5-3-2-4-6-20/h2-16,29H,1H3/b14-8+. The molecule has 0 aliphatic carbocycles. The number of phenols is 1. The number of hydrogen-bond acceptors (Lipinski definition) is 4. The summed E-state index contributed by atoms with van der Waals surface area (Å²) in [7, 11) is 1.43. The Morgan fingerprint density at radius 2 is 1.75 bits per heavy atom. The minimum Gasteiger partial charge on any atom is -0.504 e. The second kappa shape index (κ2) is 8.77. The topological polar surface area (TPSA) is 73.5 Å². The summed E-state index contributed by atoms with van der Waals surface area (Å²) in [4.78, 5) is 26.2. The Hall–Kier alpha value is -4.39. The predicted molar refractivity (Wildman–Crippen MR) is 120 cm³/mol. The molecule has 0 saturated heterocycles. The number of para-hydroxylation sites is 1. The van der Waals surface area contributed by atoms with Crippen molar-refractivity contribution in [3.8, 4) is 28.4 Å². The van der Waals surface area contributed by atoms with Gasteiger partial charge in [0.15, 0.2) is 11.5 Å². The third kappa shape index (κ3) is 4.09. The van der Waals surface area contributed by atoms with Crippen LogP contribution in [0, 0.1) is 5.82 Å². The molecule has 1 heterocycles. The number of rotatable bonds is 5. The third-order valence-electron chi connectivity index (χ3n) is 4.91. The number of carbonyl (C=O) groups is 1. The van der Waals surface area contributed by atoms with Gasteiger partial charge in [0.1, 0.15) is 5.82 Å². The van der Waals surface area contributed by atoms with Crippen LogP contribution in [0.5, 0.6) is 11.5 Å². The van der Waals surface area contributed by atoms with Crippen LogP contribution in [0.4, 0.5) is 4.39 Å². The Bertz CT molecular complexity index is 1350. The van der Waals surface area contributed by atoms with Crippen molar-refractivity contribution in [2.24, 2.45) is 0 Å². The number of methoxy groups -OCH3 is 1. The van der Waals surface area contributed by atoms with Crippen molar-refractivity contribution in [1.29, 1.82) is 0 Å². The van der Waals surface area contributed by atoms with Crippen molar-refractivity contribution in [1.82, 2.24) is 9.13 Å². The van der Waals surface area contributed by atoms with Crippen molar-refractivity contribution < 1.29 is 19.0 Å². The van der Waals surface area contributed by atoms with Gasteiger partial charge in [-0.25, -0.2) is 13.8 Å². The largest absolute Gasteiger partial charge is 0.504 e. The SMILES string of the molecule is COc1cc(/C=C/C(=O)n2c(-c3ccc(F)cc3)cn(-c3ccccc3)c2=O)ccc1O. The van der Waals surface area contributed by atoms with Gasteiger partial charge in [0.2, 0.25) is 0 Å². The number of hydrogen-bond donors (Lipinski definition) is 1. The van der Waals surface area contributed by atoms with E-state index in [-0.39, 0.29) is 11.5 Å². The van der Waals surface area contributed by atoms with E-state index in [9.17, 15) is 19.1 Å². The Kier molecular flexibility index (Phi) is 5.72. The number of nitrogens with zero attached hydrogens (tertiary/aromatic N) is 2. The number of halogens is 1. The number of aromatic hydroxyl groups is 1. The van der Waals surface area contributed by atoms with Crippen molar-refractivity contribution in [3.05, 3.63) is 107 Å². The van der Waals surface area contributed by atoms with Gasteiger partial charge in [-0.15, -0.1) is 0 Å². The number of phenolic OH excluding ortho intramolecular Hbond substituents is 1. The molecule has 3 aromatic carbocycles. The number of imidazole rings is 1. The molecule has 0 aliphatic heterocycles. The summed E-state index contributed by atoms with van der Waals surface area (Å²) in [6.45, 7) is 0. The smallest absolute Gasteiger partial charge is 0.340 e. The summed E-state index contributed by atoms with van der Waals surface area (Å²) in [5, 5.41) is 9.73. The van der Waals surface area contributed by atoms with E-state index in [1.54, 1.807) is 42.6 Å². The minimum atomic E-state index is -0.573. The van der Waals surface area contributed by atoms with Gasteiger partial charge in [0.05, 0.1) is 18.5 Å². The van der Waals surface area contributed by atoms with Crippen molar-refractivity contribution in [2.45, 2.75) is 0 Å². The zero-order valence-corrected chi connectivity index (χ0v) is 17.1. The normalized spacial score (nSPS) is 11.1. The number of benzene rings is 3. The van der Waals surface area contributed by atoms with Crippen LogP contribution in [0.3, 0.4) is 0 Å². The van der Waals surface area contributed by atoms with Crippen LogP contribution >= 0.6 is 0 Å². The molecule has 32 heavy (non-hydrogen) atoms. The predicted octanol–water partition coefficient (Wildman–Crippen LogP) is 4.51. The van der Waals surface area contributed by atoms with Crippen LogP contribution in [0.2, 0.25) is 0 Å². The van der Waals surface area contributed by atoms with E-state index in [0.717, 1.165) is 4.57 Å². The van der Waals surface area contributed by atoms with Crippen LogP contribution in [0.1, 0.15) is 10.4 Å². The molecule has 0 spiro atoms. The van der Waals surface area contributed by atoms with E-state index in [0.29, 0.717) is 22.5 Å². The molecule has 0 amide bonds. The van der Waals surface area contributed by atoms with E-state index in [1.807, 2.05) is 6.07 Å². The Morgan fingerprint density at radius 1 is 1.03 bits per heavy atom. The highest BCUT2D eigenvalue weighted by atomic mass is 19.1. The summed E-state index contributed by atoms with van der Waals surface area (Å²) < 4.78 is 20.9. The maximum absolute atomic E-state index is 13.4. The number of allylic oxidation sites excluding steroid dienone is 1. The van der Waals surface area contributed by atoms with Gasteiger partial charge in [0.25, 0.3) is 5.91 Å². The molecular weight excluding hydrogens is 411 g/mol. The van der Waals surface area contributed by atoms with Gasteiger partial charge >= 0.3 is 5.69 Å². The Balaban J connectivity index is 1.79. The highest BCUT2D eigenvalue weighted by molar-refractivity contribution is 5.96. The summed E-state index contributed by atoms with van der Waals surface area (Å²) in [6.07, 6.45) is 4.33. The van der Waals surface area contributed by atoms with E-state index in [2.05, 4.69) is 0 Å². The van der Waals surface area contributed by atoms with Gasteiger partial charge in [-0.2, -0.15) is 0 Å². The molecule has 160 valence electrons. The van der Waals surface area contributed by atoms with Crippen molar-refractivity contribution >= 4 is 12.0 Å². The van der Waals surface area contributed by atoms with Gasteiger partial charge in [-0.3, -0.25) is 9.36 Å². The fourth-order valence-electron chi connectivity index (χ4n) is 3.30. The lowest BCUT2D eigenvalue weighted by molar-refractivity contribution is 0.0967. The average Bonchev–Trinajstić information content (AvgIpc) is 3.16.